The van der Waals surface area contributed by atoms with E-state index < -0.39 is 0 Å². The van der Waals surface area contributed by atoms with Gasteiger partial charge in [-0.3, -0.25) is 4.79 Å². The number of pyridine rings is 1. The molecule has 1 N–H and O–H groups in total. The molecule has 0 saturated carbocycles. The number of likely N-dealkylation sites (tertiary alicyclic amines) is 2. The van der Waals surface area contributed by atoms with Crippen molar-refractivity contribution in [1.29, 1.82) is 0 Å². The Morgan fingerprint density at radius 2 is 1.96 bits per heavy atom. The third kappa shape index (κ3) is 3.41. The van der Waals surface area contributed by atoms with E-state index in [-0.39, 0.29) is 30.3 Å². The highest BCUT2D eigenvalue weighted by atomic mass is 16.6. The smallest absolute Gasteiger partial charge is 0.409 e. The summed E-state index contributed by atoms with van der Waals surface area (Å²) in [4.78, 5) is 40.5. The highest BCUT2D eigenvalue weighted by Crippen LogP contribution is 2.22. The van der Waals surface area contributed by atoms with Crippen molar-refractivity contribution in [1.82, 2.24) is 24.4 Å². The van der Waals surface area contributed by atoms with Crippen LogP contribution in [0.2, 0.25) is 0 Å². The van der Waals surface area contributed by atoms with Crippen LogP contribution in [0.15, 0.2) is 23.1 Å². The first-order chi connectivity index (χ1) is 13.1. The number of piperidine rings is 1. The molecule has 0 aliphatic carbocycles. The summed E-state index contributed by atoms with van der Waals surface area (Å²) in [5, 5.41) is 6.34. The molecule has 2 amide bonds. The Hall–Kier alpha value is -2.84. The van der Waals surface area contributed by atoms with E-state index in [0.717, 1.165) is 45.2 Å². The van der Waals surface area contributed by atoms with Crippen LogP contribution in [0.5, 0.6) is 0 Å². The lowest BCUT2D eigenvalue weighted by atomic mass is 10.0. The number of H-pyrrole nitrogens is 1. The third-order valence-corrected chi connectivity index (χ3v) is 5.33. The van der Waals surface area contributed by atoms with Gasteiger partial charge in [0, 0.05) is 25.8 Å². The van der Waals surface area contributed by atoms with E-state index in [1.165, 1.54) is 4.40 Å². The largest absolute Gasteiger partial charge is 0.447 e. The second-order valence-electron chi connectivity index (χ2n) is 7.06. The molecular weight excluding hydrogens is 350 g/mol. The molecule has 0 spiro atoms. The van der Waals surface area contributed by atoms with Crippen LogP contribution in [0.1, 0.15) is 42.5 Å². The van der Waals surface area contributed by atoms with E-state index in [1.54, 1.807) is 28.1 Å². The maximum Gasteiger partial charge on any atom is 0.409 e. The van der Waals surface area contributed by atoms with E-state index in [1.807, 2.05) is 0 Å². The molecule has 2 aliphatic rings. The minimum Gasteiger partial charge on any atom is -0.447 e. The fourth-order valence-corrected chi connectivity index (χ4v) is 3.85. The zero-order valence-electron chi connectivity index (χ0n) is 15.1. The number of nitrogens with zero attached hydrogens (tertiary/aromatic N) is 4. The zero-order valence-corrected chi connectivity index (χ0v) is 15.1. The van der Waals surface area contributed by atoms with Gasteiger partial charge in [-0.2, -0.15) is 5.10 Å². The summed E-state index contributed by atoms with van der Waals surface area (Å²) >= 11 is 0. The summed E-state index contributed by atoms with van der Waals surface area (Å²) in [5.41, 5.74) is 0.300. The molecular formula is C18H23N5O4. The number of fused-ring (bicyclic) bond motifs is 1. The lowest BCUT2D eigenvalue weighted by Gasteiger charge is -2.35. The number of amides is 2. The molecule has 2 aromatic rings. The number of nitrogens with one attached hydrogen (secondary N) is 1. The zero-order chi connectivity index (χ0) is 18.8. The fourth-order valence-electron chi connectivity index (χ4n) is 3.85. The minimum atomic E-state index is -0.380. The molecule has 27 heavy (non-hydrogen) atoms. The molecule has 0 radical (unpaired) electrons. The second-order valence-corrected chi connectivity index (χ2v) is 7.06. The molecule has 2 saturated heterocycles. The van der Waals surface area contributed by atoms with Crippen LogP contribution in [0.3, 0.4) is 0 Å². The van der Waals surface area contributed by atoms with Gasteiger partial charge < -0.3 is 14.5 Å². The van der Waals surface area contributed by atoms with Crippen molar-refractivity contribution in [2.24, 2.45) is 0 Å². The quantitative estimate of drug-likeness (QED) is 0.873. The molecule has 9 heteroatoms. The monoisotopic (exact) mass is 373 g/mol. The molecule has 1 atom stereocenters. The van der Waals surface area contributed by atoms with Crippen molar-refractivity contribution < 1.29 is 14.3 Å². The summed E-state index contributed by atoms with van der Waals surface area (Å²) in [7, 11) is 0. The third-order valence-electron chi connectivity index (χ3n) is 5.33. The van der Waals surface area contributed by atoms with Gasteiger partial charge in [-0.25, -0.2) is 19.1 Å². The van der Waals surface area contributed by atoms with Crippen molar-refractivity contribution in [3.8, 4) is 0 Å². The van der Waals surface area contributed by atoms with Crippen LogP contribution >= 0.6 is 0 Å². The Bertz CT molecular complexity index is 899. The highest BCUT2D eigenvalue weighted by Gasteiger charge is 2.31. The summed E-state index contributed by atoms with van der Waals surface area (Å²) in [6.45, 7) is 2.27. The Morgan fingerprint density at radius 3 is 2.78 bits per heavy atom. The number of carbonyl (C=O) groups is 2. The van der Waals surface area contributed by atoms with Crippen molar-refractivity contribution in [3.05, 3.63) is 34.4 Å². The van der Waals surface area contributed by atoms with Gasteiger partial charge in [-0.05, 0) is 44.2 Å². The molecule has 2 fully saturated rings. The van der Waals surface area contributed by atoms with Crippen LogP contribution in [-0.4, -0.2) is 68.7 Å². The molecule has 144 valence electrons. The first-order valence-corrected chi connectivity index (χ1v) is 9.43. The number of aromatic amines is 1. The van der Waals surface area contributed by atoms with E-state index >= 15 is 0 Å². The topological polar surface area (TPSA) is 100 Å². The summed E-state index contributed by atoms with van der Waals surface area (Å²) < 4.78 is 6.81. The summed E-state index contributed by atoms with van der Waals surface area (Å²) in [6.07, 6.45) is 5.97. The van der Waals surface area contributed by atoms with Gasteiger partial charge in [0.05, 0.1) is 11.6 Å². The van der Waals surface area contributed by atoms with Crippen LogP contribution in [0, 0.1) is 0 Å². The number of ether oxygens (including phenoxy) is 1. The molecule has 4 rings (SSSR count). The predicted molar refractivity (Wildman–Crippen MR) is 96.6 cm³/mol. The predicted octanol–water partition coefficient (Wildman–Crippen LogP) is 1.25. The molecule has 2 aromatic heterocycles. The number of hydrogen-bond donors (Lipinski definition) is 1. The number of rotatable bonds is 3. The van der Waals surface area contributed by atoms with Gasteiger partial charge >= 0.3 is 11.8 Å². The summed E-state index contributed by atoms with van der Waals surface area (Å²) in [6, 6.07) is 3.16. The first-order valence-electron chi connectivity index (χ1n) is 9.43. The molecule has 9 nitrogen and oxygen atoms in total. The molecule has 4 heterocycles. The van der Waals surface area contributed by atoms with Gasteiger partial charge in [0.15, 0.2) is 5.65 Å². The van der Waals surface area contributed by atoms with Gasteiger partial charge in [0.2, 0.25) is 0 Å². The average Bonchev–Trinajstić information content (AvgIpc) is 3.36. The number of aromatic nitrogens is 3. The highest BCUT2D eigenvalue weighted by molar-refractivity contribution is 5.99. The van der Waals surface area contributed by atoms with Crippen molar-refractivity contribution in [2.75, 3.05) is 26.2 Å². The molecule has 0 bridgehead atoms. The first kappa shape index (κ1) is 17.6. The molecule has 1 unspecified atom stereocenters. The lowest BCUT2D eigenvalue weighted by Crippen LogP contribution is -2.47. The van der Waals surface area contributed by atoms with Crippen LogP contribution in [0.4, 0.5) is 4.79 Å². The lowest BCUT2D eigenvalue weighted by molar-refractivity contribution is 0.0393. The van der Waals surface area contributed by atoms with Gasteiger partial charge in [0.25, 0.3) is 5.91 Å². The standard InChI is InChI=1S/C18H23N5O4/c24-16(14-7-5-11-23-15(14)19-20-17(23)25)22-10-2-1-6-13(22)12-27-18(26)21-8-3-4-9-21/h5,7,11,13H,1-4,6,8-10,12H2,(H,20,25). The second kappa shape index (κ2) is 7.42. The average molecular weight is 373 g/mol. The Kier molecular flexibility index (Phi) is 4.83. The van der Waals surface area contributed by atoms with E-state index in [2.05, 4.69) is 10.2 Å². The van der Waals surface area contributed by atoms with Crippen LogP contribution in [0.25, 0.3) is 5.65 Å². The van der Waals surface area contributed by atoms with Gasteiger partial charge in [-0.1, -0.05) is 0 Å². The maximum atomic E-state index is 13.1. The normalized spacial score (nSPS) is 20.2. The Morgan fingerprint density at radius 1 is 1.19 bits per heavy atom. The van der Waals surface area contributed by atoms with Crippen molar-refractivity contribution >= 4 is 17.6 Å². The van der Waals surface area contributed by atoms with Gasteiger partial charge in [-0.15, -0.1) is 0 Å². The maximum absolute atomic E-state index is 13.1. The Balaban J connectivity index is 1.50. The minimum absolute atomic E-state index is 0.163. The van der Waals surface area contributed by atoms with Crippen molar-refractivity contribution in [3.63, 3.8) is 0 Å². The van der Waals surface area contributed by atoms with E-state index in [0.29, 0.717) is 17.8 Å². The SMILES string of the molecule is O=C(OCC1CCCCN1C(=O)c1cccn2c(=O)[nH]nc12)N1CCCC1. The number of carbonyl (C=O) groups excluding carboxylic acids is 2. The molecule has 0 aromatic carbocycles. The Labute approximate surface area is 155 Å². The molecule has 2 aliphatic heterocycles. The number of hydrogen-bond acceptors (Lipinski definition) is 5. The van der Waals surface area contributed by atoms with Crippen LogP contribution in [-0.2, 0) is 4.74 Å². The van der Waals surface area contributed by atoms with E-state index in [4.69, 9.17) is 4.74 Å². The van der Waals surface area contributed by atoms with E-state index in [9.17, 15) is 14.4 Å². The van der Waals surface area contributed by atoms with Crippen LogP contribution < -0.4 is 5.69 Å². The fraction of sp³-hybridized carbons (Fsp3) is 0.556. The van der Waals surface area contributed by atoms with Crippen molar-refractivity contribution in [2.45, 2.75) is 38.1 Å². The van der Waals surface area contributed by atoms with Gasteiger partial charge in [0.1, 0.15) is 6.61 Å². The summed E-state index contributed by atoms with van der Waals surface area (Å²) in [5.74, 6) is -0.193.